The van der Waals surface area contributed by atoms with Crippen molar-refractivity contribution in [2.75, 3.05) is 0 Å². The van der Waals surface area contributed by atoms with Crippen molar-refractivity contribution in [3.63, 3.8) is 0 Å². The molecular weight excluding hydrogens is 288 g/mol. The van der Waals surface area contributed by atoms with Crippen LogP contribution in [-0.4, -0.2) is 9.97 Å². The molecule has 1 aliphatic rings. The summed E-state index contributed by atoms with van der Waals surface area (Å²) in [6.07, 6.45) is 0. The Morgan fingerprint density at radius 2 is 1.75 bits per heavy atom. The second kappa shape index (κ2) is 5.05. The number of nitrogens with zero attached hydrogens (tertiary/aromatic N) is 2. The smallest absolute Gasteiger partial charge is 0.161 e. The largest absolute Gasteiger partial charge is 0.232 e. The predicted molar refractivity (Wildman–Crippen MR) is 86.2 cm³/mol. The molecule has 4 heteroatoms. The number of thioether (sulfide) groups is 1. The number of benzene rings is 1. The molecule has 0 unspecified atom stereocenters. The van der Waals surface area contributed by atoms with Gasteiger partial charge in [-0.05, 0) is 11.0 Å². The van der Waals surface area contributed by atoms with Gasteiger partial charge in [0.2, 0.25) is 0 Å². The Morgan fingerprint density at radius 3 is 2.40 bits per heavy atom. The van der Waals surface area contributed by atoms with E-state index in [0.717, 1.165) is 34.2 Å². The lowest BCUT2D eigenvalue weighted by Gasteiger charge is -2.19. The Morgan fingerprint density at radius 1 is 1.05 bits per heavy atom. The molecule has 3 rings (SSSR count). The normalized spacial score (nSPS) is 14.4. The average molecular weight is 305 g/mol. The summed E-state index contributed by atoms with van der Waals surface area (Å²) in [6, 6.07) is 8.46. The fourth-order valence-corrected chi connectivity index (χ4v) is 3.64. The van der Waals surface area contributed by atoms with E-state index >= 15 is 0 Å². The molecule has 0 aliphatic carbocycles. The van der Waals surface area contributed by atoms with E-state index in [2.05, 4.69) is 55.0 Å². The topological polar surface area (TPSA) is 25.8 Å². The van der Waals surface area contributed by atoms with Crippen LogP contribution in [0.15, 0.2) is 24.3 Å². The second-order valence-corrected chi connectivity index (χ2v) is 7.43. The highest BCUT2D eigenvalue weighted by molar-refractivity contribution is 7.98. The van der Waals surface area contributed by atoms with E-state index < -0.39 is 0 Å². The molecule has 2 heterocycles. The zero-order valence-corrected chi connectivity index (χ0v) is 13.5. The summed E-state index contributed by atoms with van der Waals surface area (Å²) in [6.45, 7) is 6.63. The molecule has 104 valence electrons. The quantitative estimate of drug-likeness (QED) is 0.705. The number of rotatable bonds is 1. The van der Waals surface area contributed by atoms with E-state index in [0.29, 0.717) is 5.15 Å². The average Bonchev–Trinajstić information content (AvgIpc) is 2.86. The van der Waals surface area contributed by atoms with Crippen LogP contribution in [0.3, 0.4) is 0 Å². The van der Waals surface area contributed by atoms with Crippen LogP contribution in [0.5, 0.6) is 0 Å². The van der Waals surface area contributed by atoms with E-state index in [1.165, 1.54) is 5.56 Å². The molecule has 2 aromatic rings. The Labute approximate surface area is 129 Å². The maximum atomic E-state index is 6.26. The number of hydrogen-bond donors (Lipinski definition) is 0. The lowest BCUT2D eigenvalue weighted by Crippen LogP contribution is -2.10. The first-order valence-electron chi connectivity index (χ1n) is 6.69. The van der Waals surface area contributed by atoms with Crippen LogP contribution in [0.4, 0.5) is 0 Å². The molecule has 1 aromatic carbocycles. The van der Waals surface area contributed by atoms with Crippen LogP contribution in [-0.2, 0) is 16.9 Å². The molecule has 0 atom stereocenters. The maximum Gasteiger partial charge on any atom is 0.161 e. The van der Waals surface area contributed by atoms with Crippen molar-refractivity contribution in [1.82, 2.24) is 9.97 Å². The van der Waals surface area contributed by atoms with Crippen molar-refractivity contribution in [3.05, 3.63) is 46.2 Å². The van der Waals surface area contributed by atoms with Gasteiger partial charge in [0.15, 0.2) is 5.82 Å². The van der Waals surface area contributed by atoms with Gasteiger partial charge in [0.05, 0.1) is 5.69 Å². The van der Waals surface area contributed by atoms with Crippen LogP contribution < -0.4 is 0 Å². The molecule has 20 heavy (non-hydrogen) atoms. The summed E-state index contributed by atoms with van der Waals surface area (Å²) in [5.41, 5.74) is 4.69. The molecule has 0 fully saturated rings. The van der Waals surface area contributed by atoms with Crippen LogP contribution in [0.2, 0.25) is 5.15 Å². The molecule has 0 radical (unpaired) electrons. The molecule has 2 nitrogen and oxygen atoms in total. The Balaban J connectivity index is 2.00. The molecule has 0 saturated heterocycles. The van der Waals surface area contributed by atoms with Crippen LogP contribution in [0.1, 0.15) is 37.6 Å². The zero-order chi connectivity index (χ0) is 14.3. The summed E-state index contributed by atoms with van der Waals surface area (Å²) in [7, 11) is 0. The third-order valence-corrected chi connectivity index (χ3v) is 4.82. The number of halogens is 1. The summed E-state index contributed by atoms with van der Waals surface area (Å²) >= 11 is 8.10. The fraction of sp³-hybridized carbons (Fsp3) is 0.375. The molecule has 1 aliphatic heterocycles. The second-order valence-electron chi connectivity index (χ2n) is 6.08. The standard InChI is InChI=1S/C16H17ClN2S/c1-16(2,3)11-6-4-10(5-7-11)15-18-13-9-20-8-12(13)14(17)19-15/h4-7H,8-9H2,1-3H3. The van der Waals surface area contributed by atoms with E-state index in [9.17, 15) is 0 Å². The van der Waals surface area contributed by atoms with E-state index in [4.69, 9.17) is 11.6 Å². The van der Waals surface area contributed by atoms with Gasteiger partial charge < -0.3 is 0 Å². The predicted octanol–water partition coefficient (Wildman–Crippen LogP) is 4.84. The first-order valence-corrected chi connectivity index (χ1v) is 8.22. The third kappa shape index (κ3) is 2.57. The Kier molecular flexibility index (Phi) is 3.51. The van der Waals surface area contributed by atoms with Crippen molar-refractivity contribution in [3.8, 4) is 11.4 Å². The van der Waals surface area contributed by atoms with Crippen molar-refractivity contribution in [1.29, 1.82) is 0 Å². The van der Waals surface area contributed by atoms with Gasteiger partial charge in [-0.25, -0.2) is 9.97 Å². The van der Waals surface area contributed by atoms with Gasteiger partial charge in [-0.1, -0.05) is 56.6 Å². The van der Waals surface area contributed by atoms with Crippen LogP contribution >= 0.6 is 23.4 Å². The summed E-state index contributed by atoms with van der Waals surface area (Å²) < 4.78 is 0. The molecule has 0 N–H and O–H groups in total. The molecule has 0 amide bonds. The summed E-state index contributed by atoms with van der Waals surface area (Å²) in [5.74, 6) is 2.60. The van der Waals surface area contributed by atoms with Gasteiger partial charge in [0.1, 0.15) is 5.15 Å². The van der Waals surface area contributed by atoms with E-state index in [1.807, 2.05) is 11.8 Å². The van der Waals surface area contributed by atoms with Crippen molar-refractivity contribution < 1.29 is 0 Å². The van der Waals surface area contributed by atoms with E-state index in [-0.39, 0.29) is 5.41 Å². The van der Waals surface area contributed by atoms with Gasteiger partial charge in [0.25, 0.3) is 0 Å². The molecule has 0 saturated carbocycles. The highest BCUT2D eigenvalue weighted by Crippen LogP contribution is 2.34. The number of hydrogen-bond acceptors (Lipinski definition) is 3. The van der Waals surface area contributed by atoms with Crippen molar-refractivity contribution in [2.24, 2.45) is 0 Å². The first kappa shape index (κ1) is 13.9. The van der Waals surface area contributed by atoms with Gasteiger partial charge >= 0.3 is 0 Å². The van der Waals surface area contributed by atoms with Crippen LogP contribution in [0.25, 0.3) is 11.4 Å². The summed E-state index contributed by atoms with van der Waals surface area (Å²) in [4.78, 5) is 9.11. The fourth-order valence-electron chi connectivity index (χ4n) is 2.26. The Bertz CT molecular complexity index is 645. The minimum absolute atomic E-state index is 0.158. The minimum Gasteiger partial charge on any atom is -0.232 e. The number of aromatic nitrogens is 2. The highest BCUT2D eigenvalue weighted by Gasteiger charge is 2.19. The van der Waals surface area contributed by atoms with Crippen LogP contribution in [0, 0.1) is 0 Å². The van der Waals surface area contributed by atoms with Gasteiger partial charge in [0, 0.05) is 22.6 Å². The monoisotopic (exact) mass is 304 g/mol. The highest BCUT2D eigenvalue weighted by atomic mass is 35.5. The minimum atomic E-state index is 0.158. The first-order chi connectivity index (χ1) is 9.45. The van der Waals surface area contributed by atoms with E-state index in [1.54, 1.807) is 0 Å². The van der Waals surface area contributed by atoms with Gasteiger partial charge in [-0.2, -0.15) is 11.8 Å². The van der Waals surface area contributed by atoms with Crippen molar-refractivity contribution >= 4 is 23.4 Å². The van der Waals surface area contributed by atoms with Gasteiger partial charge in [-0.3, -0.25) is 0 Å². The zero-order valence-electron chi connectivity index (χ0n) is 11.9. The molecular formula is C16H17ClN2S. The molecule has 1 aromatic heterocycles. The molecule has 0 spiro atoms. The molecule has 0 bridgehead atoms. The van der Waals surface area contributed by atoms with Crippen molar-refractivity contribution in [2.45, 2.75) is 37.7 Å². The maximum absolute atomic E-state index is 6.26. The lowest BCUT2D eigenvalue weighted by atomic mass is 9.87. The summed E-state index contributed by atoms with van der Waals surface area (Å²) in [5, 5.41) is 0.606. The third-order valence-electron chi connectivity index (χ3n) is 3.54. The lowest BCUT2D eigenvalue weighted by molar-refractivity contribution is 0.590. The Hall–Kier alpha value is -1.06. The number of fused-ring (bicyclic) bond motifs is 1. The van der Waals surface area contributed by atoms with Gasteiger partial charge in [-0.15, -0.1) is 0 Å². The SMILES string of the molecule is CC(C)(C)c1ccc(-c2nc(Cl)c3c(n2)CSC3)cc1.